The summed E-state index contributed by atoms with van der Waals surface area (Å²) in [6.45, 7) is 10.3. The molecule has 200 valence electrons. The van der Waals surface area contributed by atoms with Gasteiger partial charge in [-0.25, -0.2) is 0 Å². The number of fused-ring (bicyclic) bond motifs is 2. The highest BCUT2D eigenvalue weighted by molar-refractivity contribution is 9.25. The second kappa shape index (κ2) is 9.73. The molecule has 6 saturated carbocycles. The van der Waals surface area contributed by atoms with E-state index in [4.69, 9.17) is 0 Å². The molecule has 0 aromatic carbocycles. The minimum atomic E-state index is -0.346. The first-order valence-electron chi connectivity index (χ1n) is 12.6. The fraction of sp³-hybridized carbons (Fsp3) is 0.920. The zero-order valence-corrected chi connectivity index (χ0v) is 30.3. The molecular weight excluding hydrogens is 840 g/mol. The predicted octanol–water partition coefficient (Wildman–Crippen LogP) is 7.76. The van der Waals surface area contributed by atoms with E-state index < -0.39 is 0 Å². The van der Waals surface area contributed by atoms with Crippen LogP contribution in [0.15, 0.2) is 0 Å². The van der Waals surface area contributed by atoms with E-state index in [1.165, 1.54) is 0 Å². The van der Waals surface area contributed by atoms with Crippen molar-refractivity contribution in [3.8, 4) is 0 Å². The molecule has 0 radical (unpaired) electrons. The molecule has 6 atom stereocenters. The Morgan fingerprint density at radius 1 is 0.686 bits per heavy atom. The van der Waals surface area contributed by atoms with Crippen molar-refractivity contribution >= 4 is 107 Å². The minimum Gasteiger partial charge on any atom is -0.356 e. The van der Waals surface area contributed by atoms with Gasteiger partial charge >= 0.3 is 0 Å². The summed E-state index contributed by atoms with van der Waals surface area (Å²) >= 11 is 22.8. The number of nitrogens with one attached hydrogen (secondary N) is 2. The molecule has 0 aromatic rings. The van der Waals surface area contributed by atoms with Crippen molar-refractivity contribution in [2.45, 2.75) is 89.8 Å². The van der Waals surface area contributed by atoms with Gasteiger partial charge in [-0.05, 0) is 55.8 Å². The molecule has 35 heavy (non-hydrogen) atoms. The summed E-state index contributed by atoms with van der Waals surface area (Å²) < 4.78 is 0.373. The Balaban J connectivity index is 1.20. The van der Waals surface area contributed by atoms with Crippen molar-refractivity contribution in [2.24, 2.45) is 32.5 Å². The normalized spacial score (nSPS) is 42.1. The number of carbonyl (C=O) groups is 2. The lowest BCUT2D eigenvalue weighted by Crippen LogP contribution is -2.72. The zero-order chi connectivity index (χ0) is 26.2. The number of carbonyl (C=O) groups excluding carboxylic acids is 2. The first kappa shape index (κ1) is 29.8. The van der Waals surface area contributed by atoms with E-state index in [-0.39, 0.29) is 61.4 Å². The highest BCUT2D eigenvalue weighted by Crippen LogP contribution is 2.83. The average molecular weight is 876 g/mol. The monoisotopic (exact) mass is 870 g/mol. The number of hydrogen-bond acceptors (Lipinski definition) is 2. The van der Waals surface area contributed by atoms with Crippen LogP contribution < -0.4 is 10.6 Å². The van der Waals surface area contributed by atoms with Crippen LogP contribution in [0.2, 0.25) is 0 Å². The Bertz CT molecular complexity index is 827. The van der Waals surface area contributed by atoms with Gasteiger partial charge in [-0.3, -0.25) is 9.59 Å². The molecule has 4 bridgehead atoms. The Morgan fingerprint density at radius 3 is 1.29 bits per heavy atom. The quantitative estimate of drug-likeness (QED) is 0.174. The second-order valence-corrected chi connectivity index (χ2v) is 20.1. The van der Waals surface area contributed by atoms with Crippen molar-refractivity contribution in [3.63, 3.8) is 0 Å². The van der Waals surface area contributed by atoms with Gasteiger partial charge in [-0.1, -0.05) is 123 Å². The molecule has 0 saturated heterocycles. The van der Waals surface area contributed by atoms with Crippen molar-refractivity contribution < 1.29 is 9.59 Å². The van der Waals surface area contributed by atoms with E-state index in [9.17, 15) is 9.59 Å². The van der Waals surface area contributed by atoms with Crippen LogP contribution in [0.3, 0.4) is 0 Å². The highest BCUT2D eigenvalue weighted by atomic mass is 79.9. The zero-order valence-electron chi connectivity index (χ0n) is 20.8. The SMILES string of the molecule is CC1(C)C2(C(=O)NCCCCCNC(=O)C34CCC(C(Br)Br)(C3Br)C4(C)C)CCC1(C(Br)Br)C2Br. The van der Waals surface area contributed by atoms with Gasteiger partial charge in [0.15, 0.2) is 0 Å². The van der Waals surface area contributed by atoms with Crippen LogP contribution in [0.5, 0.6) is 0 Å². The fourth-order valence-corrected chi connectivity index (χ4v) is 18.4. The van der Waals surface area contributed by atoms with E-state index in [2.05, 4.69) is 134 Å². The Morgan fingerprint density at radius 2 is 1.03 bits per heavy atom. The Kier molecular flexibility index (Phi) is 8.28. The molecule has 2 N–H and O–H groups in total. The molecule has 6 fully saturated rings. The summed E-state index contributed by atoms with van der Waals surface area (Å²) in [5.74, 6) is 0.366. The number of hydrogen-bond donors (Lipinski definition) is 2. The molecule has 2 amide bonds. The minimum absolute atomic E-state index is 0.0497. The molecule has 6 aliphatic carbocycles. The van der Waals surface area contributed by atoms with Crippen molar-refractivity contribution in [1.29, 1.82) is 0 Å². The third-order valence-electron chi connectivity index (χ3n) is 11.2. The van der Waals surface area contributed by atoms with Crippen molar-refractivity contribution in [1.82, 2.24) is 10.6 Å². The molecule has 6 rings (SSSR count). The molecule has 6 unspecified atom stereocenters. The first-order valence-corrected chi connectivity index (χ1v) is 18.1. The lowest BCUT2D eigenvalue weighted by atomic mass is 9.43. The van der Waals surface area contributed by atoms with E-state index in [1.54, 1.807) is 0 Å². The summed E-state index contributed by atoms with van der Waals surface area (Å²) in [6, 6.07) is 0. The average Bonchev–Trinajstić information content (AvgIpc) is 3.44. The van der Waals surface area contributed by atoms with Crippen LogP contribution in [0.4, 0.5) is 0 Å². The van der Waals surface area contributed by atoms with Crippen LogP contribution in [0.1, 0.15) is 72.6 Å². The standard InChI is InChI=1S/C25H36Br6N2O2/c1-20(2)22(16(28)29)8-10-24(20,14(22)26)18(34)32-12-6-5-7-13-33-19(35)25-11-9-23(15(25)27,17(30)31)21(25,3)4/h14-17H,5-13H2,1-4H3,(H,32,34)(H,33,35). The van der Waals surface area contributed by atoms with E-state index in [0.29, 0.717) is 13.1 Å². The summed E-state index contributed by atoms with van der Waals surface area (Å²) in [5, 5.41) is 6.46. The third kappa shape index (κ3) is 3.40. The highest BCUT2D eigenvalue weighted by Gasteiger charge is 2.84. The summed E-state index contributed by atoms with van der Waals surface area (Å²) in [6.07, 6.45) is 6.72. The van der Waals surface area contributed by atoms with E-state index >= 15 is 0 Å². The van der Waals surface area contributed by atoms with Gasteiger partial charge in [-0.15, -0.1) is 0 Å². The largest absolute Gasteiger partial charge is 0.356 e. The van der Waals surface area contributed by atoms with Crippen LogP contribution >= 0.6 is 95.6 Å². The van der Waals surface area contributed by atoms with Crippen molar-refractivity contribution in [3.05, 3.63) is 0 Å². The molecular formula is C25H36Br6N2O2. The molecule has 0 aromatic heterocycles. The Hall–Kier alpha value is 1.82. The lowest BCUT2D eigenvalue weighted by molar-refractivity contribution is -0.162. The third-order valence-corrected chi connectivity index (χ3v) is 17.7. The number of halogens is 6. The van der Waals surface area contributed by atoms with Gasteiger partial charge in [0.25, 0.3) is 0 Å². The first-order chi connectivity index (χ1) is 16.2. The maximum absolute atomic E-state index is 13.3. The fourth-order valence-electron chi connectivity index (χ4n) is 8.54. The predicted molar refractivity (Wildman–Crippen MR) is 164 cm³/mol. The van der Waals surface area contributed by atoms with E-state index in [0.717, 1.165) is 44.9 Å². The Labute approximate surface area is 260 Å². The van der Waals surface area contributed by atoms with Gasteiger partial charge in [0.1, 0.15) is 0 Å². The van der Waals surface area contributed by atoms with Crippen LogP contribution in [-0.2, 0) is 9.59 Å². The molecule has 4 nitrogen and oxygen atoms in total. The van der Waals surface area contributed by atoms with Gasteiger partial charge in [0.2, 0.25) is 11.8 Å². The topological polar surface area (TPSA) is 58.2 Å². The number of amides is 2. The number of unbranched alkanes of at least 4 members (excludes halogenated alkanes) is 2. The summed E-state index contributed by atoms with van der Waals surface area (Å²) in [7, 11) is 0. The summed E-state index contributed by atoms with van der Waals surface area (Å²) in [4.78, 5) is 26.9. The molecule has 0 aliphatic heterocycles. The molecule has 6 aliphatic rings. The molecule has 10 heteroatoms. The van der Waals surface area contributed by atoms with Gasteiger partial charge < -0.3 is 10.6 Å². The molecule has 0 spiro atoms. The van der Waals surface area contributed by atoms with Crippen LogP contribution in [-0.4, -0.2) is 42.0 Å². The van der Waals surface area contributed by atoms with E-state index in [1.807, 2.05) is 0 Å². The summed E-state index contributed by atoms with van der Waals surface area (Å²) in [5.41, 5.74) is -0.751. The lowest BCUT2D eigenvalue weighted by Gasteiger charge is -2.66. The molecule has 0 heterocycles. The maximum atomic E-state index is 13.3. The second-order valence-electron chi connectivity index (χ2n) is 12.2. The van der Waals surface area contributed by atoms with Gasteiger partial charge in [0.05, 0.1) is 18.3 Å². The van der Waals surface area contributed by atoms with Crippen LogP contribution in [0.25, 0.3) is 0 Å². The van der Waals surface area contributed by atoms with Gasteiger partial charge in [0, 0.05) is 33.6 Å². The smallest absolute Gasteiger partial charge is 0.227 e. The number of alkyl halides is 6. The number of rotatable bonds is 10. The van der Waals surface area contributed by atoms with Gasteiger partial charge in [-0.2, -0.15) is 0 Å². The van der Waals surface area contributed by atoms with Crippen LogP contribution in [0, 0.1) is 32.5 Å². The van der Waals surface area contributed by atoms with Crippen molar-refractivity contribution in [2.75, 3.05) is 13.1 Å². The maximum Gasteiger partial charge on any atom is 0.227 e.